The molecule has 0 aromatic carbocycles. The number of hydrogen-bond acceptors (Lipinski definition) is 2. The minimum atomic E-state index is -0.629. The maximum absolute atomic E-state index is 11.6. The zero-order chi connectivity index (χ0) is 10.9. The quantitative estimate of drug-likeness (QED) is 0.736. The van der Waals surface area contributed by atoms with Crippen LogP contribution in [0.2, 0.25) is 0 Å². The molecule has 0 unspecified atom stereocenters. The number of nitrogens with one attached hydrogen (secondary N) is 1. The summed E-state index contributed by atoms with van der Waals surface area (Å²) in [6, 6.07) is 0.344. The Labute approximate surface area is 90.6 Å². The molecule has 0 spiro atoms. The first-order valence-electron chi connectivity index (χ1n) is 5.83. The average Bonchev–Trinajstić information content (AvgIpc) is 2.88. The van der Waals surface area contributed by atoms with E-state index in [9.17, 15) is 9.90 Å². The molecule has 4 nitrogen and oxygen atoms in total. The molecule has 4 heteroatoms. The predicted molar refractivity (Wildman–Crippen MR) is 57.6 cm³/mol. The Bertz CT molecular complexity index is 245. The van der Waals surface area contributed by atoms with E-state index in [1.165, 1.54) is 0 Å². The fourth-order valence-electron chi connectivity index (χ4n) is 2.22. The summed E-state index contributed by atoms with van der Waals surface area (Å²) in [4.78, 5) is 13.2. The van der Waals surface area contributed by atoms with Crippen LogP contribution in [0.1, 0.15) is 38.5 Å². The lowest BCUT2D eigenvalue weighted by Gasteiger charge is -2.28. The van der Waals surface area contributed by atoms with Gasteiger partial charge in [-0.3, -0.25) is 0 Å². The Morgan fingerprint density at radius 3 is 2.60 bits per heavy atom. The minimum absolute atomic E-state index is 0.0437. The zero-order valence-electron chi connectivity index (χ0n) is 9.33. The van der Waals surface area contributed by atoms with Gasteiger partial charge in [0, 0.05) is 13.1 Å². The van der Waals surface area contributed by atoms with Crippen LogP contribution in [0.25, 0.3) is 0 Å². The van der Waals surface area contributed by atoms with Gasteiger partial charge in [-0.2, -0.15) is 0 Å². The maximum Gasteiger partial charge on any atom is 0.317 e. The summed E-state index contributed by atoms with van der Waals surface area (Å²) in [6.07, 6.45) is 6.01. The minimum Gasteiger partial charge on any atom is -0.388 e. The zero-order valence-corrected chi connectivity index (χ0v) is 9.33. The molecule has 0 aromatic heterocycles. The smallest absolute Gasteiger partial charge is 0.317 e. The molecule has 2 aliphatic rings. The lowest BCUT2D eigenvalue weighted by atomic mass is 10.0. The van der Waals surface area contributed by atoms with E-state index in [4.69, 9.17) is 0 Å². The van der Waals surface area contributed by atoms with Crippen molar-refractivity contribution in [3.05, 3.63) is 0 Å². The van der Waals surface area contributed by atoms with E-state index >= 15 is 0 Å². The molecule has 2 aliphatic carbocycles. The van der Waals surface area contributed by atoms with Crippen LogP contribution in [-0.4, -0.2) is 41.3 Å². The second-order valence-corrected chi connectivity index (χ2v) is 5.01. The second kappa shape index (κ2) is 4.00. The van der Waals surface area contributed by atoms with Crippen molar-refractivity contribution in [2.24, 2.45) is 0 Å². The summed E-state index contributed by atoms with van der Waals surface area (Å²) >= 11 is 0. The Balaban J connectivity index is 1.79. The van der Waals surface area contributed by atoms with Gasteiger partial charge in [0.15, 0.2) is 0 Å². The first-order valence-corrected chi connectivity index (χ1v) is 5.83. The summed E-state index contributed by atoms with van der Waals surface area (Å²) < 4.78 is 0. The third kappa shape index (κ3) is 2.84. The van der Waals surface area contributed by atoms with E-state index in [-0.39, 0.29) is 6.03 Å². The maximum atomic E-state index is 11.6. The summed E-state index contributed by atoms with van der Waals surface area (Å²) in [7, 11) is 1.76. The number of aliphatic hydroxyl groups is 1. The third-order valence-corrected chi connectivity index (χ3v) is 3.32. The predicted octanol–water partition coefficient (Wildman–Crippen LogP) is 1.10. The van der Waals surface area contributed by atoms with Crippen molar-refractivity contribution in [2.45, 2.75) is 50.2 Å². The highest BCUT2D eigenvalue weighted by atomic mass is 16.3. The van der Waals surface area contributed by atoms with Crippen LogP contribution in [0.4, 0.5) is 4.79 Å². The molecule has 2 fully saturated rings. The summed E-state index contributed by atoms with van der Waals surface area (Å²) in [6.45, 7) is 0.464. The van der Waals surface area contributed by atoms with Crippen LogP contribution in [0.5, 0.6) is 0 Å². The van der Waals surface area contributed by atoms with Gasteiger partial charge in [-0.05, 0) is 25.7 Å². The van der Waals surface area contributed by atoms with Crippen LogP contribution in [0.15, 0.2) is 0 Å². The molecule has 0 radical (unpaired) electrons. The summed E-state index contributed by atoms with van der Waals surface area (Å²) in [5.41, 5.74) is -0.629. The van der Waals surface area contributed by atoms with Gasteiger partial charge >= 0.3 is 6.03 Å². The van der Waals surface area contributed by atoms with E-state index in [1.54, 1.807) is 11.9 Å². The van der Waals surface area contributed by atoms with Crippen LogP contribution in [-0.2, 0) is 0 Å². The van der Waals surface area contributed by atoms with Gasteiger partial charge in [0.05, 0.1) is 12.1 Å². The SMILES string of the molecule is CN(CC1(O)CCCC1)C(=O)NC1CC1. The largest absolute Gasteiger partial charge is 0.388 e. The summed E-state index contributed by atoms with van der Waals surface area (Å²) in [5.74, 6) is 0. The Morgan fingerprint density at radius 2 is 2.07 bits per heavy atom. The Hall–Kier alpha value is -0.770. The molecule has 0 bridgehead atoms. The normalized spacial score (nSPS) is 23.9. The highest BCUT2D eigenvalue weighted by Gasteiger charge is 2.34. The van der Waals surface area contributed by atoms with E-state index in [1.807, 2.05) is 0 Å². The number of carbonyl (C=O) groups excluding carboxylic acids is 1. The number of amides is 2. The van der Waals surface area contributed by atoms with Crippen molar-refractivity contribution in [3.8, 4) is 0 Å². The molecule has 15 heavy (non-hydrogen) atoms. The molecule has 2 amide bonds. The fourth-order valence-corrected chi connectivity index (χ4v) is 2.22. The van der Waals surface area contributed by atoms with Crippen LogP contribution in [0.3, 0.4) is 0 Å². The first kappa shape index (κ1) is 10.7. The molecular formula is C11H20N2O2. The van der Waals surface area contributed by atoms with Gasteiger partial charge in [-0.1, -0.05) is 12.8 Å². The number of urea groups is 1. The van der Waals surface area contributed by atoms with Gasteiger partial charge in [-0.15, -0.1) is 0 Å². The average molecular weight is 212 g/mol. The van der Waals surface area contributed by atoms with Crippen molar-refractivity contribution >= 4 is 6.03 Å². The fraction of sp³-hybridized carbons (Fsp3) is 0.909. The molecule has 2 rings (SSSR count). The number of nitrogens with zero attached hydrogens (tertiary/aromatic N) is 1. The van der Waals surface area contributed by atoms with E-state index in [0.29, 0.717) is 12.6 Å². The van der Waals surface area contributed by atoms with E-state index < -0.39 is 5.60 Å². The molecule has 0 saturated heterocycles. The lowest BCUT2D eigenvalue weighted by Crippen LogP contribution is -2.46. The highest BCUT2D eigenvalue weighted by molar-refractivity contribution is 5.74. The monoisotopic (exact) mass is 212 g/mol. The molecular weight excluding hydrogens is 192 g/mol. The Kier molecular flexibility index (Phi) is 2.87. The highest BCUT2D eigenvalue weighted by Crippen LogP contribution is 2.30. The van der Waals surface area contributed by atoms with Crippen LogP contribution >= 0.6 is 0 Å². The number of carbonyl (C=O) groups is 1. The molecule has 0 atom stereocenters. The van der Waals surface area contributed by atoms with Crippen molar-refractivity contribution in [2.75, 3.05) is 13.6 Å². The number of rotatable bonds is 3. The molecule has 0 aliphatic heterocycles. The van der Waals surface area contributed by atoms with Gasteiger partial charge in [0.25, 0.3) is 0 Å². The van der Waals surface area contributed by atoms with Crippen LogP contribution in [0, 0.1) is 0 Å². The second-order valence-electron chi connectivity index (χ2n) is 5.01. The van der Waals surface area contributed by atoms with Gasteiger partial charge in [0.1, 0.15) is 0 Å². The van der Waals surface area contributed by atoms with Gasteiger partial charge < -0.3 is 15.3 Å². The van der Waals surface area contributed by atoms with Gasteiger partial charge in [-0.25, -0.2) is 4.79 Å². The van der Waals surface area contributed by atoms with Crippen molar-refractivity contribution < 1.29 is 9.90 Å². The van der Waals surface area contributed by atoms with Crippen molar-refractivity contribution in [1.82, 2.24) is 10.2 Å². The van der Waals surface area contributed by atoms with E-state index in [0.717, 1.165) is 38.5 Å². The lowest BCUT2D eigenvalue weighted by molar-refractivity contribution is 0.0247. The standard InChI is InChI=1S/C11H20N2O2/c1-13(10(14)12-9-4-5-9)8-11(15)6-2-3-7-11/h9,15H,2-8H2,1H3,(H,12,14). The topological polar surface area (TPSA) is 52.6 Å². The third-order valence-electron chi connectivity index (χ3n) is 3.32. The molecule has 2 N–H and O–H groups in total. The van der Waals surface area contributed by atoms with Crippen molar-refractivity contribution in [3.63, 3.8) is 0 Å². The number of hydrogen-bond donors (Lipinski definition) is 2. The molecule has 0 heterocycles. The van der Waals surface area contributed by atoms with E-state index in [2.05, 4.69) is 5.32 Å². The summed E-state index contributed by atoms with van der Waals surface area (Å²) in [5, 5.41) is 13.1. The molecule has 2 saturated carbocycles. The Morgan fingerprint density at radius 1 is 1.47 bits per heavy atom. The molecule has 0 aromatic rings. The van der Waals surface area contributed by atoms with Crippen LogP contribution < -0.4 is 5.32 Å². The van der Waals surface area contributed by atoms with Crippen molar-refractivity contribution in [1.29, 1.82) is 0 Å². The first-order chi connectivity index (χ1) is 7.09. The van der Waals surface area contributed by atoms with Gasteiger partial charge in [0.2, 0.25) is 0 Å². The number of likely N-dealkylation sites (N-methyl/N-ethyl adjacent to an activating group) is 1. The molecule has 86 valence electrons.